The largest absolute Gasteiger partial charge is 0.411 e. The highest BCUT2D eigenvalue weighted by Gasteiger charge is 2.21. The average Bonchev–Trinajstić information content (AvgIpc) is 3.41. The molecule has 0 radical (unpaired) electrons. The van der Waals surface area contributed by atoms with E-state index in [0.717, 1.165) is 16.9 Å². The van der Waals surface area contributed by atoms with Crippen molar-refractivity contribution < 1.29 is 9.21 Å². The molecule has 0 fully saturated rings. The van der Waals surface area contributed by atoms with Crippen LogP contribution in [0.5, 0.6) is 0 Å². The van der Waals surface area contributed by atoms with E-state index in [9.17, 15) is 4.79 Å². The van der Waals surface area contributed by atoms with Crippen molar-refractivity contribution in [2.75, 3.05) is 11.1 Å². The Bertz CT molecular complexity index is 1160. The zero-order chi connectivity index (χ0) is 21.8. The van der Waals surface area contributed by atoms with Gasteiger partial charge < -0.3 is 9.73 Å². The van der Waals surface area contributed by atoms with Crippen molar-refractivity contribution in [2.24, 2.45) is 0 Å². The van der Waals surface area contributed by atoms with Crippen LogP contribution >= 0.6 is 11.8 Å². The second kappa shape index (κ2) is 8.77. The van der Waals surface area contributed by atoms with Gasteiger partial charge in [-0.2, -0.15) is 5.10 Å². The summed E-state index contributed by atoms with van der Waals surface area (Å²) in [4.78, 5) is 12.6. The van der Waals surface area contributed by atoms with Gasteiger partial charge in [-0.3, -0.25) is 4.79 Å². The van der Waals surface area contributed by atoms with Crippen LogP contribution in [0.4, 0.5) is 5.82 Å². The monoisotopic (exact) mass is 433 g/mol. The molecule has 4 rings (SSSR count). The SMILES string of the molecule is CC(C)(C)c1cc(NC(=O)CSc2nnc(-c3ccccc3)o2)n(-c2ccccc2)n1. The van der Waals surface area contributed by atoms with Crippen LogP contribution < -0.4 is 5.32 Å². The molecular weight excluding hydrogens is 410 g/mol. The van der Waals surface area contributed by atoms with Crippen LogP contribution in [0.15, 0.2) is 76.4 Å². The van der Waals surface area contributed by atoms with Crippen LogP contribution in [0, 0.1) is 0 Å². The van der Waals surface area contributed by atoms with Gasteiger partial charge in [0.05, 0.1) is 17.1 Å². The number of carbonyl (C=O) groups excluding carboxylic acids is 1. The number of hydrogen-bond donors (Lipinski definition) is 1. The van der Waals surface area contributed by atoms with Crippen molar-refractivity contribution in [3.63, 3.8) is 0 Å². The Morgan fingerprint density at radius 2 is 1.71 bits per heavy atom. The molecule has 2 heterocycles. The molecule has 8 heteroatoms. The Hall–Kier alpha value is -3.39. The summed E-state index contributed by atoms with van der Waals surface area (Å²) in [5.74, 6) is 1.01. The first-order valence-corrected chi connectivity index (χ1v) is 10.9. The fourth-order valence-electron chi connectivity index (χ4n) is 2.87. The second-order valence-electron chi connectivity index (χ2n) is 7.99. The molecule has 158 valence electrons. The van der Waals surface area contributed by atoms with Gasteiger partial charge in [0.25, 0.3) is 5.22 Å². The van der Waals surface area contributed by atoms with E-state index in [-0.39, 0.29) is 17.1 Å². The Balaban J connectivity index is 1.46. The van der Waals surface area contributed by atoms with Crippen molar-refractivity contribution in [2.45, 2.75) is 31.4 Å². The van der Waals surface area contributed by atoms with E-state index in [4.69, 9.17) is 9.52 Å². The second-order valence-corrected chi connectivity index (χ2v) is 8.91. The number of carbonyl (C=O) groups is 1. The summed E-state index contributed by atoms with van der Waals surface area (Å²) in [6.45, 7) is 6.27. The molecule has 7 nitrogen and oxygen atoms in total. The molecule has 0 spiro atoms. The first kappa shape index (κ1) is 20.9. The number of anilines is 1. The van der Waals surface area contributed by atoms with Crippen molar-refractivity contribution in [3.8, 4) is 17.1 Å². The molecule has 0 saturated heterocycles. The van der Waals surface area contributed by atoms with Crippen LogP contribution in [0.25, 0.3) is 17.1 Å². The van der Waals surface area contributed by atoms with Crippen LogP contribution in [-0.4, -0.2) is 31.6 Å². The third-order valence-electron chi connectivity index (χ3n) is 4.50. The van der Waals surface area contributed by atoms with Crippen molar-refractivity contribution in [1.82, 2.24) is 20.0 Å². The topological polar surface area (TPSA) is 85.8 Å². The lowest BCUT2D eigenvalue weighted by Gasteiger charge is -2.14. The number of amides is 1. The lowest BCUT2D eigenvalue weighted by Crippen LogP contribution is -2.17. The van der Waals surface area contributed by atoms with Gasteiger partial charge in [0.2, 0.25) is 11.8 Å². The molecule has 0 saturated carbocycles. The molecule has 2 aromatic carbocycles. The maximum Gasteiger partial charge on any atom is 0.277 e. The Kier molecular flexibility index (Phi) is 5.90. The summed E-state index contributed by atoms with van der Waals surface area (Å²) in [6.07, 6.45) is 0. The molecule has 0 aliphatic carbocycles. The van der Waals surface area contributed by atoms with Crippen LogP contribution in [0.2, 0.25) is 0 Å². The van der Waals surface area contributed by atoms with Crippen molar-refractivity contribution in [3.05, 3.63) is 72.4 Å². The van der Waals surface area contributed by atoms with Crippen LogP contribution in [0.1, 0.15) is 26.5 Å². The third kappa shape index (κ3) is 5.03. The van der Waals surface area contributed by atoms with Crippen molar-refractivity contribution >= 4 is 23.5 Å². The minimum atomic E-state index is -0.179. The predicted octanol–water partition coefficient (Wildman–Crippen LogP) is 4.95. The molecule has 0 unspecified atom stereocenters. The number of rotatable bonds is 6. The highest BCUT2D eigenvalue weighted by Crippen LogP contribution is 2.27. The van der Waals surface area contributed by atoms with Gasteiger partial charge in [0.1, 0.15) is 5.82 Å². The van der Waals surface area contributed by atoms with Gasteiger partial charge in [-0.05, 0) is 24.3 Å². The summed E-state index contributed by atoms with van der Waals surface area (Å²) in [5, 5.41) is 16.1. The van der Waals surface area contributed by atoms with E-state index in [2.05, 4.69) is 36.3 Å². The number of hydrogen-bond acceptors (Lipinski definition) is 6. The highest BCUT2D eigenvalue weighted by atomic mass is 32.2. The summed E-state index contributed by atoms with van der Waals surface area (Å²) in [6, 6.07) is 21.2. The lowest BCUT2D eigenvalue weighted by atomic mass is 9.92. The van der Waals surface area contributed by atoms with Crippen LogP contribution in [0.3, 0.4) is 0 Å². The van der Waals surface area contributed by atoms with Gasteiger partial charge >= 0.3 is 0 Å². The highest BCUT2D eigenvalue weighted by molar-refractivity contribution is 7.99. The summed E-state index contributed by atoms with van der Waals surface area (Å²) >= 11 is 1.20. The molecule has 0 atom stereocenters. The first-order valence-electron chi connectivity index (χ1n) is 9.88. The van der Waals surface area contributed by atoms with E-state index >= 15 is 0 Å². The van der Waals surface area contributed by atoms with E-state index in [1.165, 1.54) is 11.8 Å². The standard InChI is InChI=1S/C23H23N5O2S/c1-23(2,3)18-14-19(28(27-18)17-12-8-5-9-13-17)24-20(29)15-31-22-26-25-21(30-22)16-10-6-4-7-11-16/h4-14H,15H2,1-3H3,(H,24,29). The molecule has 0 aliphatic rings. The van der Waals surface area contributed by atoms with Gasteiger partial charge in [0, 0.05) is 17.0 Å². The smallest absolute Gasteiger partial charge is 0.277 e. The fraction of sp³-hybridized carbons (Fsp3) is 0.217. The number of nitrogens with one attached hydrogen (secondary N) is 1. The Morgan fingerprint density at radius 1 is 1.03 bits per heavy atom. The van der Waals surface area contributed by atoms with Gasteiger partial charge in [0.15, 0.2) is 0 Å². The number of aromatic nitrogens is 4. The lowest BCUT2D eigenvalue weighted by molar-refractivity contribution is -0.113. The van der Waals surface area contributed by atoms with Crippen LogP contribution in [-0.2, 0) is 10.2 Å². The van der Waals surface area contributed by atoms with Gasteiger partial charge in [-0.25, -0.2) is 4.68 Å². The normalized spacial score (nSPS) is 11.5. The number of thioether (sulfide) groups is 1. The van der Waals surface area contributed by atoms with E-state index in [1.54, 1.807) is 4.68 Å². The van der Waals surface area contributed by atoms with E-state index in [1.807, 2.05) is 66.7 Å². The number of benzene rings is 2. The zero-order valence-corrected chi connectivity index (χ0v) is 18.4. The zero-order valence-electron chi connectivity index (χ0n) is 17.6. The van der Waals surface area contributed by atoms with Gasteiger partial charge in [-0.1, -0.05) is 68.9 Å². The van der Waals surface area contributed by atoms with Crippen molar-refractivity contribution in [1.29, 1.82) is 0 Å². The molecule has 31 heavy (non-hydrogen) atoms. The Labute approximate surface area is 184 Å². The minimum Gasteiger partial charge on any atom is -0.411 e. The van der Waals surface area contributed by atoms with E-state index < -0.39 is 0 Å². The maximum atomic E-state index is 12.6. The summed E-state index contributed by atoms with van der Waals surface area (Å²) in [7, 11) is 0. The Morgan fingerprint density at radius 3 is 2.39 bits per heavy atom. The molecule has 4 aromatic rings. The molecular formula is C23H23N5O2S. The molecule has 0 bridgehead atoms. The minimum absolute atomic E-state index is 0.140. The molecule has 1 N–H and O–H groups in total. The van der Waals surface area contributed by atoms with Gasteiger partial charge in [-0.15, -0.1) is 10.2 Å². The third-order valence-corrected chi connectivity index (χ3v) is 5.32. The maximum absolute atomic E-state index is 12.6. The summed E-state index contributed by atoms with van der Waals surface area (Å²) < 4.78 is 7.41. The fourth-order valence-corrected chi connectivity index (χ4v) is 3.44. The molecule has 0 aliphatic heterocycles. The molecule has 1 amide bonds. The summed E-state index contributed by atoms with van der Waals surface area (Å²) in [5.41, 5.74) is 2.47. The first-order chi connectivity index (χ1) is 14.9. The quantitative estimate of drug-likeness (QED) is 0.433. The number of para-hydroxylation sites is 1. The molecule has 2 aromatic heterocycles. The number of nitrogens with zero attached hydrogens (tertiary/aromatic N) is 4. The predicted molar refractivity (Wildman–Crippen MR) is 121 cm³/mol. The average molecular weight is 434 g/mol. The van der Waals surface area contributed by atoms with E-state index in [0.29, 0.717) is 16.9 Å².